The van der Waals surface area contributed by atoms with E-state index in [2.05, 4.69) is 10.1 Å². The molecule has 0 unspecified atom stereocenters. The maximum atomic E-state index is 12.2. The van der Waals surface area contributed by atoms with Crippen LogP contribution in [0.2, 0.25) is 0 Å². The van der Waals surface area contributed by atoms with E-state index in [-0.39, 0.29) is 36.0 Å². The Hall–Kier alpha value is -3.34. The molecule has 0 heterocycles. The largest absolute Gasteiger partial charge is 0.573 e. The van der Waals surface area contributed by atoms with E-state index in [4.69, 9.17) is 4.74 Å². The van der Waals surface area contributed by atoms with Crippen molar-refractivity contribution in [3.63, 3.8) is 0 Å². The highest BCUT2D eigenvalue weighted by atomic mass is 19.4. The number of hydrogen-bond acceptors (Lipinski definition) is 6. The molecule has 0 aromatic heterocycles. The van der Waals surface area contributed by atoms with E-state index < -0.39 is 17.2 Å². The molecule has 8 nitrogen and oxygen atoms in total. The lowest BCUT2D eigenvalue weighted by Gasteiger charge is -2.17. The average molecular weight is 413 g/mol. The molecule has 156 valence electrons. The van der Waals surface area contributed by atoms with E-state index in [9.17, 15) is 28.1 Å². The summed E-state index contributed by atoms with van der Waals surface area (Å²) in [7, 11) is 3.00. The normalized spacial score (nSPS) is 11.2. The van der Waals surface area contributed by atoms with Gasteiger partial charge in [0.25, 0.3) is 5.69 Å². The predicted molar refractivity (Wildman–Crippen MR) is 97.7 cm³/mol. The molecule has 0 atom stereocenters. The average Bonchev–Trinajstić information content (AvgIpc) is 2.62. The summed E-state index contributed by atoms with van der Waals surface area (Å²) in [5.74, 6) is -0.545. The van der Waals surface area contributed by atoms with E-state index in [1.807, 2.05) is 0 Å². The number of nitro groups is 1. The predicted octanol–water partition coefficient (Wildman–Crippen LogP) is 3.57. The zero-order valence-electron chi connectivity index (χ0n) is 15.5. The van der Waals surface area contributed by atoms with Gasteiger partial charge in [-0.05, 0) is 36.9 Å². The Kier molecular flexibility index (Phi) is 6.99. The number of amides is 1. The Bertz CT molecular complexity index is 872. The smallest absolute Gasteiger partial charge is 0.496 e. The minimum Gasteiger partial charge on any atom is -0.496 e. The Morgan fingerprint density at radius 1 is 1.17 bits per heavy atom. The van der Waals surface area contributed by atoms with Crippen molar-refractivity contribution in [2.45, 2.75) is 12.9 Å². The number of halogens is 3. The number of rotatable bonds is 8. The fourth-order valence-electron chi connectivity index (χ4n) is 2.49. The maximum Gasteiger partial charge on any atom is 0.573 e. The molecule has 11 heteroatoms. The lowest BCUT2D eigenvalue weighted by molar-refractivity contribution is -0.384. The van der Waals surface area contributed by atoms with Crippen molar-refractivity contribution < 1.29 is 32.4 Å². The van der Waals surface area contributed by atoms with Crippen LogP contribution in [0.4, 0.5) is 24.5 Å². The van der Waals surface area contributed by atoms with Crippen molar-refractivity contribution in [1.82, 2.24) is 4.90 Å². The number of methoxy groups -OCH3 is 1. The molecule has 0 spiro atoms. The highest BCUT2D eigenvalue weighted by Gasteiger charge is 2.31. The third-order valence-electron chi connectivity index (χ3n) is 3.70. The van der Waals surface area contributed by atoms with Crippen LogP contribution in [0.1, 0.15) is 5.56 Å². The quantitative estimate of drug-likeness (QED) is 0.525. The van der Waals surface area contributed by atoms with Gasteiger partial charge in [0.2, 0.25) is 5.91 Å². The highest BCUT2D eigenvalue weighted by Crippen LogP contribution is 2.29. The van der Waals surface area contributed by atoms with Crippen LogP contribution in [0.5, 0.6) is 11.5 Å². The summed E-state index contributed by atoms with van der Waals surface area (Å²) in [6.45, 7) is 0.175. The molecule has 0 fully saturated rings. The lowest BCUT2D eigenvalue weighted by atomic mass is 10.2. The monoisotopic (exact) mass is 413 g/mol. The topological polar surface area (TPSA) is 93.9 Å². The van der Waals surface area contributed by atoms with E-state index >= 15 is 0 Å². The second kappa shape index (κ2) is 9.24. The van der Waals surface area contributed by atoms with Gasteiger partial charge in [-0.2, -0.15) is 0 Å². The number of nitro benzene ring substituents is 1. The molecule has 0 saturated heterocycles. The van der Waals surface area contributed by atoms with Crippen molar-refractivity contribution >= 4 is 17.3 Å². The number of nitrogens with zero attached hydrogens (tertiary/aromatic N) is 2. The molecule has 2 aromatic carbocycles. The van der Waals surface area contributed by atoms with Gasteiger partial charge in [-0.1, -0.05) is 12.1 Å². The number of likely N-dealkylation sites (N-methyl/N-ethyl adjacent to an activating group) is 1. The number of ether oxygens (including phenoxy) is 2. The maximum absolute atomic E-state index is 12.2. The standard InChI is InChI=1S/C18H18F3N3O5/c1-23(10-12-3-5-13(6-4-12)29-18(19,20)21)11-17(25)22-15-8-7-14(28-2)9-16(15)24(26)27/h3-9H,10-11H2,1-2H3,(H,22,25). The van der Waals surface area contributed by atoms with E-state index in [1.165, 1.54) is 49.6 Å². The van der Waals surface area contributed by atoms with Gasteiger partial charge in [0.05, 0.1) is 24.6 Å². The molecule has 1 amide bonds. The Morgan fingerprint density at radius 2 is 1.79 bits per heavy atom. The number of carbonyl (C=O) groups is 1. The number of carbonyl (C=O) groups excluding carboxylic acids is 1. The number of anilines is 1. The number of hydrogen-bond donors (Lipinski definition) is 1. The van der Waals surface area contributed by atoms with E-state index in [0.717, 1.165) is 0 Å². The Morgan fingerprint density at radius 3 is 2.34 bits per heavy atom. The lowest BCUT2D eigenvalue weighted by Crippen LogP contribution is -2.30. The molecule has 2 aromatic rings. The first-order valence-corrected chi connectivity index (χ1v) is 8.23. The van der Waals surface area contributed by atoms with Crippen LogP contribution < -0.4 is 14.8 Å². The molecule has 0 bridgehead atoms. The SMILES string of the molecule is COc1ccc(NC(=O)CN(C)Cc2ccc(OC(F)(F)F)cc2)c([N+](=O)[O-])c1. The summed E-state index contributed by atoms with van der Waals surface area (Å²) in [6, 6.07) is 9.30. The van der Waals surface area contributed by atoms with Gasteiger partial charge in [-0.25, -0.2) is 0 Å². The molecule has 0 aliphatic rings. The van der Waals surface area contributed by atoms with Crippen LogP contribution in [0, 0.1) is 10.1 Å². The minimum absolute atomic E-state index is 0.0304. The van der Waals surface area contributed by atoms with Gasteiger partial charge in [-0.3, -0.25) is 19.8 Å². The van der Waals surface area contributed by atoms with Crippen molar-refractivity contribution in [3.05, 3.63) is 58.1 Å². The second-order valence-electron chi connectivity index (χ2n) is 6.05. The first-order valence-electron chi connectivity index (χ1n) is 8.23. The first-order chi connectivity index (χ1) is 13.6. The van der Waals surface area contributed by atoms with Crippen LogP contribution >= 0.6 is 0 Å². The summed E-state index contributed by atoms with van der Waals surface area (Å²) in [5.41, 5.74) is 0.383. The molecule has 1 N–H and O–H groups in total. The molecule has 0 aliphatic carbocycles. The third kappa shape index (κ3) is 6.96. The summed E-state index contributed by atoms with van der Waals surface area (Å²) in [5, 5.41) is 13.6. The third-order valence-corrected chi connectivity index (χ3v) is 3.70. The summed E-state index contributed by atoms with van der Waals surface area (Å²) in [4.78, 5) is 24.3. The molecule has 29 heavy (non-hydrogen) atoms. The fourth-order valence-corrected chi connectivity index (χ4v) is 2.49. The zero-order valence-corrected chi connectivity index (χ0v) is 15.5. The van der Waals surface area contributed by atoms with Gasteiger partial charge in [0.15, 0.2) is 0 Å². The van der Waals surface area contributed by atoms with Gasteiger partial charge < -0.3 is 14.8 Å². The van der Waals surface area contributed by atoms with E-state index in [1.54, 1.807) is 11.9 Å². The van der Waals surface area contributed by atoms with Gasteiger partial charge >= 0.3 is 6.36 Å². The van der Waals surface area contributed by atoms with E-state index in [0.29, 0.717) is 5.56 Å². The highest BCUT2D eigenvalue weighted by molar-refractivity contribution is 5.94. The van der Waals surface area contributed by atoms with Gasteiger partial charge in [-0.15, -0.1) is 13.2 Å². The minimum atomic E-state index is -4.76. The van der Waals surface area contributed by atoms with Crippen LogP contribution in [-0.4, -0.2) is 42.8 Å². The summed E-state index contributed by atoms with van der Waals surface area (Å²) in [6.07, 6.45) is -4.76. The molecule has 2 rings (SSSR count). The van der Waals surface area contributed by atoms with Crippen molar-refractivity contribution in [2.24, 2.45) is 0 Å². The van der Waals surface area contributed by atoms with Crippen LogP contribution in [0.25, 0.3) is 0 Å². The Labute approximate surface area is 164 Å². The van der Waals surface area contributed by atoms with Crippen LogP contribution in [-0.2, 0) is 11.3 Å². The van der Waals surface area contributed by atoms with Gasteiger partial charge in [0, 0.05) is 6.54 Å². The number of benzene rings is 2. The molecular weight excluding hydrogens is 395 g/mol. The van der Waals surface area contributed by atoms with Crippen LogP contribution in [0.15, 0.2) is 42.5 Å². The first kappa shape index (κ1) is 22.0. The van der Waals surface area contributed by atoms with Crippen molar-refractivity contribution in [2.75, 3.05) is 26.0 Å². The number of nitrogens with one attached hydrogen (secondary N) is 1. The Balaban J connectivity index is 1.95. The van der Waals surface area contributed by atoms with Gasteiger partial charge in [0.1, 0.15) is 17.2 Å². The molecular formula is C18H18F3N3O5. The van der Waals surface area contributed by atoms with Crippen molar-refractivity contribution in [1.29, 1.82) is 0 Å². The van der Waals surface area contributed by atoms with Crippen LogP contribution in [0.3, 0.4) is 0 Å². The second-order valence-corrected chi connectivity index (χ2v) is 6.05. The number of alkyl halides is 3. The zero-order chi connectivity index (χ0) is 21.6. The van der Waals surface area contributed by atoms with Crippen molar-refractivity contribution in [3.8, 4) is 11.5 Å². The fraction of sp³-hybridized carbons (Fsp3) is 0.278. The molecule has 0 saturated carbocycles. The molecule has 0 aliphatic heterocycles. The summed E-state index contributed by atoms with van der Waals surface area (Å²) >= 11 is 0. The molecule has 0 radical (unpaired) electrons. The summed E-state index contributed by atoms with van der Waals surface area (Å²) < 4.78 is 45.2.